The number of fused-ring (bicyclic) bond motifs is 1. The van der Waals surface area contributed by atoms with Crippen LogP contribution in [0.4, 0.5) is 5.69 Å². The van der Waals surface area contributed by atoms with Crippen LogP contribution in [0.2, 0.25) is 10.0 Å². The van der Waals surface area contributed by atoms with Gasteiger partial charge in [-0.3, -0.25) is 18.7 Å². The van der Waals surface area contributed by atoms with Gasteiger partial charge in [-0.1, -0.05) is 54.9 Å². The highest BCUT2D eigenvalue weighted by molar-refractivity contribution is 8.00. The van der Waals surface area contributed by atoms with Crippen LogP contribution in [-0.2, 0) is 18.4 Å². The predicted molar refractivity (Wildman–Crippen MR) is 129 cm³/mol. The maximum atomic E-state index is 13.0. The molecule has 0 bridgehead atoms. The van der Waals surface area contributed by atoms with Gasteiger partial charge in [-0.05, 0) is 31.9 Å². The highest BCUT2D eigenvalue weighted by Crippen LogP contribution is 2.31. The van der Waals surface area contributed by atoms with Crippen LogP contribution in [-0.4, -0.2) is 30.3 Å². The first-order valence-corrected chi connectivity index (χ1v) is 11.5. The van der Waals surface area contributed by atoms with Gasteiger partial charge in [0.05, 0.1) is 21.0 Å². The molecule has 0 radical (unpaired) electrons. The average Bonchev–Trinajstić information content (AvgIpc) is 2.72. The Bertz CT molecular complexity index is 1320. The van der Waals surface area contributed by atoms with Gasteiger partial charge < -0.3 is 5.32 Å². The Morgan fingerprint density at radius 2 is 1.88 bits per heavy atom. The van der Waals surface area contributed by atoms with Crippen molar-refractivity contribution < 1.29 is 4.79 Å². The van der Waals surface area contributed by atoms with Crippen LogP contribution in [0.25, 0.3) is 11.0 Å². The summed E-state index contributed by atoms with van der Waals surface area (Å²) in [6.07, 6.45) is 0. The Morgan fingerprint density at radius 1 is 1.19 bits per heavy atom. The summed E-state index contributed by atoms with van der Waals surface area (Å²) in [6.45, 7) is 7.71. The molecule has 11 heteroatoms. The van der Waals surface area contributed by atoms with E-state index >= 15 is 0 Å². The highest BCUT2D eigenvalue weighted by atomic mass is 35.5. The molecule has 1 unspecified atom stereocenters. The van der Waals surface area contributed by atoms with Crippen molar-refractivity contribution in [3.8, 4) is 0 Å². The van der Waals surface area contributed by atoms with E-state index in [0.29, 0.717) is 28.1 Å². The van der Waals surface area contributed by atoms with E-state index < -0.39 is 16.5 Å². The van der Waals surface area contributed by atoms with Crippen LogP contribution >= 0.6 is 35.0 Å². The lowest BCUT2D eigenvalue weighted by Gasteiger charge is -2.17. The molecule has 1 N–H and O–H groups in total. The molecule has 2 heterocycles. The van der Waals surface area contributed by atoms with E-state index in [-0.39, 0.29) is 27.9 Å². The van der Waals surface area contributed by atoms with Crippen LogP contribution < -0.4 is 16.6 Å². The molecule has 0 fully saturated rings. The van der Waals surface area contributed by atoms with E-state index in [1.54, 1.807) is 32.0 Å². The summed E-state index contributed by atoms with van der Waals surface area (Å²) in [5.74, 6) is 0.221. The van der Waals surface area contributed by atoms with Gasteiger partial charge in [0.1, 0.15) is 16.2 Å². The molecule has 0 aliphatic rings. The number of hydrogen-bond donors (Lipinski definition) is 1. The zero-order chi connectivity index (χ0) is 23.7. The molecule has 3 rings (SSSR count). The monoisotopic (exact) mass is 495 g/mol. The van der Waals surface area contributed by atoms with Crippen LogP contribution in [0.1, 0.15) is 26.6 Å². The molecule has 170 valence electrons. The van der Waals surface area contributed by atoms with Crippen LogP contribution in [0.5, 0.6) is 0 Å². The van der Waals surface area contributed by atoms with Crippen molar-refractivity contribution in [2.45, 2.75) is 44.5 Å². The molecule has 3 aromatic rings. The fourth-order valence-corrected chi connectivity index (χ4v) is 4.44. The molecule has 2 aromatic heterocycles. The second-order valence-corrected chi connectivity index (χ2v) is 9.89. The minimum Gasteiger partial charge on any atom is -0.324 e. The number of aromatic nitrogens is 4. The van der Waals surface area contributed by atoms with Crippen molar-refractivity contribution in [3.05, 3.63) is 54.9 Å². The SMILES string of the molecule is Cc1nc(SC(C)C(=O)Nc2cccc(Cl)c2Cl)c2c(=O)n(C)c(=O)n(CC(C)C)c2n1. The first-order valence-electron chi connectivity index (χ1n) is 9.91. The number of halogens is 2. The summed E-state index contributed by atoms with van der Waals surface area (Å²) in [6, 6.07) is 4.95. The molecule has 0 saturated carbocycles. The van der Waals surface area contributed by atoms with Gasteiger partial charge in [-0.15, -0.1) is 0 Å². The summed E-state index contributed by atoms with van der Waals surface area (Å²) in [5.41, 5.74) is -0.279. The average molecular weight is 496 g/mol. The van der Waals surface area contributed by atoms with Crippen molar-refractivity contribution in [2.75, 3.05) is 5.32 Å². The fourth-order valence-electron chi connectivity index (χ4n) is 3.11. The van der Waals surface area contributed by atoms with Crippen molar-refractivity contribution in [1.29, 1.82) is 0 Å². The van der Waals surface area contributed by atoms with E-state index in [2.05, 4.69) is 15.3 Å². The van der Waals surface area contributed by atoms with Gasteiger partial charge in [0, 0.05) is 13.6 Å². The van der Waals surface area contributed by atoms with E-state index in [4.69, 9.17) is 23.2 Å². The largest absolute Gasteiger partial charge is 0.332 e. The number of thioether (sulfide) groups is 1. The highest BCUT2D eigenvalue weighted by Gasteiger charge is 2.23. The molecule has 1 aromatic carbocycles. The maximum Gasteiger partial charge on any atom is 0.332 e. The van der Waals surface area contributed by atoms with E-state index in [9.17, 15) is 14.4 Å². The summed E-state index contributed by atoms with van der Waals surface area (Å²) >= 11 is 13.3. The number of aryl methyl sites for hydroxylation is 1. The van der Waals surface area contributed by atoms with E-state index in [1.807, 2.05) is 13.8 Å². The molecule has 8 nitrogen and oxygen atoms in total. The molecular weight excluding hydrogens is 473 g/mol. The molecule has 0 aliphatic heterocycles. The molecule has 0 saturated heterocycles. The van der Waals surface area contributed by atoms with Crippen LogP contribution in [0, 0.1) is 12.8 Å². The molecule has 32 heavy (non-hydrogen) atoms. The normalized spacial score (nSPS) is 12.4. The lowest BCUT2D eigenvalue weighted by molar-refractivity contribution is -0.115. The number of nitrogens with one attached hydrogen (secondary N) is 1. The first kappa shape index (κ1) is 24.3. The Labute approximate surface area is 199 Å². The topological polar surface area (TPSA) is 98.9 Å². The third kappa shape index (κ3) is 4.84. The van der Waals surface area contributed by atoms with Gasteiger partial charge in [0.25, 0.3) is 5.56 Å². The van der Waals surface area contributed by atoms with Crippen LogP contribution in [0.3, 0.4) is 0 Å². The standard InChI is InChI=1S/C21H23Cl2N5O3S/c1-10(2)9-28-17-15(20(30)27(5)21(28)31)19(25-12(4)24-17)32-11(3)18(29)26-14-8-6-7-13(22)16(14)23/h6-8,10-11H,9H2,1-5H3,(H,26,29). The van der Waals surface area contributed by atoms with Gasteiger partial charge in [-0.2, -0.15) is 0 Å². The number of nitrogens with zero attached hydrogens (tertiary/aromatic N) is 4. The number of benzene rings is 1. The van der Waals surface area contributed by atoms with Crippen molar-refractivity contribution in [2.24, 2.45) is 13.0 Å². The second-order valence-electron chi connectivity index (χ2n) is 7.78. The third-order valence-corrected chi connectivity index (χ3v) is 6.58. The lowest BCUT2D eigenvalue weighted by atomic mass is 10.2. The van der Waals surface area contributed by atoms with Gasteiger partial charge in [0.2, 0.25) is 5.91 Å². The number of amides is 1. The summed E-state index contributed by atoms with van der Waals surface area (Å²) in [7, 11) is 1.42. The Morgan fingerprint density at radius 3 is 2.53 bits per heavy atom. The Hall–Kier alpha value is -2.36. The van der Waals surface area contributed by atoms with Crippen molar-refractivity contribution in [1.82, 2.24) is 19.1 Å². The van der Waals surface area contributed by atoms with E-state index in [1.165, 1.54) is 11.6 Å². The number of carbonyl (C=O) groups is 1. The quantitative estimate of drug-likeness (QED) is 0.411. The van der Waals surface area contributed by atoms with Gasteiger partial charge in [0.15, 0.2) is 5.65 Å². The first-order chi connectivity index (χ1) is 15.0. The minimum absolute atomic E-state index is 0.159. The zero-order valence-corrected chi connectivity index (χ0v) is 20.6. The summed E-state index contributed by atoms with van der Waals surface area (Å²) < 4.78 is 2.53. The second kappa shape index (κ2) is 9.64. The third-order valence-electron chi connectivity index (χ3n) is 4.68. The molecule has 1 atom stereocenters. The molecular formula is C21H23Cl2N5O3S. The van der Waals surface area contributed by atoms with Gasteiger partial charge in [-0.25, -0.2) is 14.8 Å². The minimum atomic E-state index is -0.627. The van der Waals surface area contributed by atoms with Crippen molar-refractivity contribution in [3.63, 3.8) is 0 Å². The Kier molecular flexibility index (Phi) is 7.32. The number of anilines is 1. The maximum absolute atomic E-state index is 13.0. The summed E-state index contributed by atoms with van der Waals surface area (Å²) in [4.78, 5) is 47.3. The number of hydrogen-bond acceptors (Lipinski definition) is 6. The van der Waals surface area contributed by atoms with Gasteiger partial charge >= 0.3 is 5.69 Å². The van der Waals surface area contributed by atoms with E-state index in [0.717, 1.165) is 16.3 Å². The molecule has 0 aliphatic carbocycles. The Balaban J connectivity index is 2.04. The fraction of sp³-hybridized carbons (Fsp3) is 0.381. The predicted octanol–water partition coefficient (Wildman–Crippen LogP) is 3.88. The van der Waals surface area contributed by atoms with Crippen molar-refractivity contribution >= 4 is 57.6 Å². The number of carbonyl (C=O) groups excluding carboxylic acids is 1. The zero-order valence-electron chi connectivity index (χ0n) is 18.3. The smallest absolute Gasteiger partial charge is 0.324 e. The molecule has 1 amide bonds. The number of rotatable bonds is 6. The van der Waals surface area contributed by atoms with Crippen LogP contribution in [0.15, 0.2) is 32.8 Å². The molecule has 0 spiro atoms. The lowest BCUT2D eigenvalue weighted by Crippen LogP contribution is -2.39. The summed E-state index contributed by atoms with van der Waals surface area (Å²) in [5, 5.41) is 3.24.